The van der Waals surface area contributed by atoms with Gasteiger partial charge >= 0.3 is 0 Å². The molecule has 136 valence electrons. The van der Waals surface area contributed by atoms with Gasteiger partial charge < -0.3 is 5.32 Å². The predicted octanol–water partition coefficient (Wildman–Crippen LogP) is 3.42. The number of carbonyl (C=O) groups is 1. The highest BCUT2D eigenvalue weighted by Crippen LogP contribution is 2.25. The summed E-state index contributed by atoms with van der Waals surface area (Å²) in [5.41, 5.74) is 4.54. The molecule has 0 saturated heterocycles. The zero-order valence-corrected chi connectivity index (χ0v) is 16.2. The van der Waals surface area contributed by atoms with E-state index in [1.165, 1.54) is 6.33 Å². The zero-order chi connectivity index (χ0) is 19.0. The maximum Gasteiger partial charge on any atom is 0.252 e. The van der Waals surface area contributed by atoms with Gasteiger partial charge in [0.05, 0.1) is 17.1 Å². The third-order valence-corrected chi connectivity index (χ3v) is 4.60. The van der Waals surface area contributed by atoms with Gasteiger partial charge in [-0.25, -0.2) is 4.98 Å². The largest absolute Gasteiger partial charge is 0.342 e. The molecule has 1 atom stereocenters. The molecule has 1 amide bonds. The Morgan fingerprint density at radius 2 is 1.88 bits per heavy atom. The molecule has 0 fully saturated rings. The fraction of sp³-hybridized carbons (Fsp3) is 0.400. The molecule has 0 unspecified atom stereocenters. The maximum absolute atomic E-state index is 13.2. The van der Waals surface area contributed by atoms with E-state index in [4.69, 9.17) is 0 Å². The number of carbonyl (C=O) groups excluding carboxylic acids is 1. The Balaban J connectivity index is 2.06. The number of benzene rings is 1. The molecular formula is C20H25N5O. The van der Waals surface area contributed by atoms with Crippen molar-refractivity contribution in [3.63, 3.8) is 0 Å². The van der Waals surface area contributed by atoms with Gasteiger partial charge in [-0.1, -0.05) is 25.5 Å². The molecule has 2 aromatic heterocycles. The summed E-state index contributed by atoms with van der Waals surface area (Å²) in [7, 11) is 1.84. The van der Waals surface area contributed by atoms with E-state index >= 15 is 0 Å². The van der Waals surface area contributed by atoms with Crippen molar-refractivity contribution in [2.45, 2.75) is 40.7 Å². The molecule has 0 aliphatic rings. The number of nitrogens with one attached hydrogen (secondary N) is 1. The summed E-state index contributed by atoms with van der Waals surface area (Å²) in [6.45, 7) is 10.1. The average molecular weight is 351 g/mol. The van der Waals surface area contributed by atoms with Crippen LogP contribution in [0.3, 0.4) is 0 Å². The van der Waals surface area contributed by atoms with Gasteiger partial charge in [0.25, 0.3) is 5.91 Å². The summed E-state index contributed by atoms with van der Waals surface area (Å²) in [4.78, 5) is 22.1. The first-order valence-electron chi connectivity index (χ1n) is 8.81. The van der Waals surface area contributed by atoms with Crippen molar-refractivity contribution in [3.05, 3.63) is 52.7 Å². The third-order valence-electron chi connectivity index (χ3n) is 4.60. The Labute approximate surface area is 153 Å². The SMILES string of the molecule is Cc1cc(C)c2nc(C)cc(C(=O)N[C@H](c3ncnn3C)C(C)C)c2c1. The molecule has 0 spiro atoms. The number of pyridine rings is 1. The number of fused-ring (bicyclic) bond motifs is 1. The van der Waals surface area contributed by atoms with E-state index < -0.39 is 0 Å². The highest BCUT2D eigenvalue weighted by molar-refractivity contribution is 6.07. The van der Waals surface area contributed by atoms with Crippen LogP contribution in [-0.4, -0.2) is 25.7 Å². The van der Waals surface area contributed by atoms with Crippen molar-refractivity contribution in [2.24, 2.45) is 13.0 Å². The average Bonchev–Trinajstić information content (AvgIpc) is 2.98. The lowest BCUT2D eigenvalue weighted by Crippen LogP contribution is -2.33. The van der Waals surface area contributed by atoms with Gasteiger partial charge in [-0.15, -0.1) is 0 Å². The van der Waals surface area contributed by atoms with Crippen LogP contribution in [-0.2, 0) is 7.05 Å². The van der Waals surface area contributed by atoms with Crippen molar-refractivity contribution in [2.75, 3.05) is 0 Å². The van der Waals surface area contributed by atoms with Gasteiger partial charge in [-0.2, -0.15) is 5.10 Å². The number of hydrogen-bond donors (Lipinski definition) is 1. The monoisotopic (exact) mass is 351 g/mol. The minimum atomic E-state index is -0.218. The Kier molecular flexibility index (Phi) is 4.76. The molecule has 0 aliphatic heterocycles. The molecule has 3 rings (SSSR count). The maximum atomic E-state index is 13.2. The van der Waals surface area contributed by atoms with E-state index in [0.717, 1.165) is 33.5 Å². The summed E-state index contributed by atoms with van der Waals surface area (Å²) < 4.78 is 1.70. The second-order valence-electron chi connectivity index (χ2n) is 7.23. The summed E-state index contributed by atoms with van der Waals surface area (Å²) in [6, 6.07) is 5.75. The van der Waals surface area contributed by atoms with Crippen LogP contribution in [0.15, 0.2) is 24.5 Å². The minimum Gasteiger partial charge on any atom is -0.342 e. The van der Waals surface area contributed by atoms with Crippen molar-refractivity contribution >= 4 is 16.8 Å². The van der Waals surface area contributed by atoms with Crippen LogP contribution in [0, 0.1) is 26.7 Å². The van der Waals surface area contributed by atoms with Gasteiger partial charge in [0.1, 0.15) is 12.2 Å². The molecule has 6 heteroatoms. The molecule has 0 aliphatic carbocycles. The van der Waals surface area contributed by atoms with Crippen LogP contribution in [0.4, 0.5) is 0 Å². The normalized spacial score (nSPS) is 12.6. The van der Waals surface area contributed by atoms with Crippen LogP contribution >= 0.6 is 0 Å². The first kappa shape index (κ1) is 18.0. The van der Waals surface area contributed by atoms with Crippen molar-refractivity contribution < 1.29 is 4.79 Å². The first-order valence-corrected chi connectivity index (χ1v) is 8.81. The summed E-state index contributed by atoms with van der Waals surface area (Å²) >= 11 is 0. The topological polar surface area (TPSA) is 72.7 Å². The van der Waals surface area contributed by atoms with Crippen LogP contribution in [0.25, 0.3) is 10.9 Å². The lowest BCUT2D eigenvalue weighted by Gasteiger charge is -2.22. The van der Waals surface area contributed by atoms with Crippen LogP contribution in [0.1, 0.15) is 52.9 Å². The van der Waals surface area contributed by atoms with Crippen LogP contribution in [0.5, 0.6) is 0 Å². The Hall–Kier alpha value is -2.76. The number of rotatable bonds is 4. The van der Waals surface area contributed by atoms with Gasteiger partial charge in [0, 0.05) is 18.1 Å². The van der Waals surface area contributed by atoms with Crippen molar-refractivity contribution in [1.29, 1.82) is 0 Å². The van der Waals surface area contributed by atoms with Gasteiger partial charge in [0.15, 0.2) is 0 Å². The molecule has 1 aromatic carbocycles. The molecule has 0 bridgehead atoms. The number of aryl methyl sites for hydroxylation is 4. The first-order chi connectivity index (χ1) is 12.3. The zero-order valence-electron chi connectivity index (χ0n) is 16.2. The van der Waals surface area contributed by atoms with Gasteiger partial charge in [-0.3, -0.25) is 14.5 Å². The lowest BCUT2D eigenvalue weighted by atomic mass is 9.99. The van der Waals surface area contributed by atoms with Crippen LogP contribution < -0.4 is 5.32 Å². The second-order valence-corrected chi connectivity index (χ2v) is 7.23. The molecule has 1 N–H and O–H groups in total. The summed E-state index contributed by atoms with van der Waals surface area (Å²) in [5.74, 6) is 0.808. The number of hydrogen-bond acceptors (Lipinski definition) is 4. The highest BCUT2D eigenvalue weighted by atomic mass is 16.1. The summed E-state index contributed by atoms with van der Waals surface area (Å²) in [5, 5.41) is 8.16. The second kappa shape index (κ2) is 6.86. The van der Waals surface area contributed by atoms with E-state index in [2.05, 4.69) is 40.3 Å². The highest BCUT2D eigenvalue weighted by Gasteiger charge is 2.24. The van der Waals surface area contributed by atoms with E-state index in [9.17, 15) is 4.79 Å². The molecule has 6 nitrogen and oxygen atoms in total. The summed E-state index contributed by atoms with van der Waals surface area (Å²) in [6.07, 6.45) is 1.51. The van der Waals surface area contributed by atoms with Crippen molar-refractivity contribution in [1.82, 2.24) is 25.1 Å². The number of aromatic nitrogens is 4. The Morgan fingerprint density at radius 1 is 1.15 bits per heavy atom. The molecule has 2 heterocycles. The molecule has 0 radical (unpaired) electrons. The van der Waals surface area contributed by atoms with Gasteiger partial charge in [-0.05, 0) is 44.4 Å². The van der Waals surface area contributed by atoms with E-state index in [1.807, 2.05) is 40.0 Å². The minimum absolute atomic E-state index is 0.118. The molecule has 26 heavy (non-hydrogen) atoms. The van der Waals surface area contributed by atoms with E-state index in [1.54, 1.807) is 4.68 Å². The van der Waals surface area contributed by atoms with E-state index in [-0.39, 0.29) is 17.9 Å². The number of amides is 1. The standard InChI is InChI=1S/C20H25N5O/c1-11(2)17(19-21-10-22-25(19)6)24-20(26)16-9-14(5)23-18-13(4)7-12(3)8-15(16)18/h7-11,17H,1-6H3,(H,24,26)/t17-/m0/s1. The van der Waals surface area contributed by atoms with Crippen LogP contribution in [0.2, 0.25) is 0 Å². The quantitative estimate of drug-likeness (QED) is 0.782. The fourth-order valence-electron chi connectivity index (χ4n) is 3.33. The Bertz CT molecular complexity index is 974. The smallest absolute Gasteiger partial charge is 0.252 e. The molecule has 0 saturated carbocycles. The van der Waals surface area contributed by atoms with Gasteiger partial charge in [0.2, 0.25) is 0 Å². The fourth-order valence-corrected chi connectivity index (χ4v) is 3.33. The molecular weight excluding hydrogens is 326 g/mol. The van der Waals surface area contributed by atoms with Crippen molar-refractivity contribution in [3.8, 4) is 0 Å². The Morgan fingerprint density at radius 3 is 2.50 bits per heavy atom. The lowest BCUT2D eigenvalue weighted by molar-refractivity contribution is 0.0923. The molecule has 3 aromatic rings. The third kappa shape index (κ3) is 3.31. The predicted molar refractivity (Wildman–Crippen MR) is 102 cm³/mol. The number of nitrogens with zero attached hydrogens (tertiary/aromatic N) is 4. The van der Waals surface area contributed by atoms with E-state index in [0.29, 0.717) is 5.56 Å².